The van der Waals surface area contributed by atoms with Crippen LogP contribution in [0.5, 0.6) is 0 Å². The summed E-state index contributed by atoms with van der Waals surface area (Å²) in [6.07, 6.45) is 0.614. The maximum Gasteiger partial charge on any atom is 0.235 e. The Labute approximate surface area is 144 Å². The van der Waals surface area contributed by atoms with Gasteiger partial charge in [0.2, 0.25) is 5.91 Å². The minimum absolute atomic E-state index is 0.219. The topological polar surface area (TPSA) is 46.2 Å². The molecule has 0 aliphatic carbocycles. The lowest BCUT2D eigenvalue weighted by atomic mass is 10.1. The van der Waals surface area contributed by atoms with Crippen LogP contribution in [0.1, 0.15) is 23.6 Å². The van der Waals surface area contributed by atoms with Crippen LogP contribution in [0.25, 0.3) is 0 Å². The van der Waals surface area contributed by atoms with E-state index in [0.29, 0.717) is 18.7 Å². The van der Waals surface area contributed by atoms with Gasteiger partial charge in [-0.3, -0.25) is 9.00 Å². The van der Waals surface area contributed by atoms with Crippen molar-refractivity contribution in [3.8, 4) is 0 Å². The Bertz CT molecular complexity index is 716. The van der Waals surface area contributed by atoms with E-state index in [1.54, 1.807) is 19.1 Å². The predicted octanol–water partition coefficient (Wildman–Crippen LogP) is 3.13. The molecule has 1 amide bonds. The van der Waals surface area contributed by atoms with E-state index in [4.69, 9.17) is 0 Å². The van der Waals surface area contributed by atoms with Gasteiger partial charge in [0, 0.05) is 23.1 Å². The van der Waals surface area contributed by atoms with E-state index in [2.05, 4.69) is 5.32 Å². The molecule has 3 nitrogen and oxygen atoms in total. The van der Waals surface area contributed by atoms with Crippen molar-refractivity contribution in [2.45, 2.75) is 31.3 Å². The molecule has 0 aliphatic heterocycles. The van der Waals surface area contributed by atoms with Crippen LogP contribution in [0, 0.1) is 12.7 Å². The van der Waals surface area contributed by atoms with Crippen molar-refractivity contribution in [2.24, 2.45) is 0 Å². The third-order valence-electron chi connectivity index (χ3n) is 3.78. The second-order valence-electron chi connectivity index (χ2n) is 5.82. The van der Waals surface area contributed by atoms with Crippen molar-refractivity contribution in [1.29, 1.82) is 0 Å². The van der Waals surface area contributed by atoms with Gasteiger partial charge < -0.3 is 5.32 Å². The molecule has 0 unspecified atom stereocenters. The Morgan fingerprint density at radius 1 is 1.17 bits per heavy atom. The van der Waals surface area contributed by atoms with Gasteiger partial charge in [-0.2, -0.15) is 0 Å². The number of aryl methyl sites for hydroxylation is 1. The van der Waals surface area contributed by atoms with Crippen molar-refractivity contribution >= 4 is 16.7 Å². The van der Waals surface area contributed by atoms with Gasteiger partial charge in [-0.05, 0) is 43.5 Å². The summed E-state index contributed by atoms with van der Waals surface area (Å²) in [4.78, 5) is 12.1. The molecule has 0 aliphatic rings. The lowest BCUT2D eigenvalue weighted by Gasteiger charge is -2.12. The van der Waals surface area contributed by atoms with Gasteiger partial charge in [-0.1, -0.05) is 42.0 Å². The average molecular weight is 347 g/mol. The van der Waals surface area contributed by atoms with E-state index in [1.165, 1.54) is 12.1 Å². The number of amides is 1. The van der Waals surface area contributed by atoms with Crippen molar-refractivity contribution in [2.75, 3.05) is 6.54 Å². The smallest absolute Gasteiger partial charge is 0.235 e. The molecule has 0 heterocycles. The predicted molar refractivity (Wildman–Crippen MR) is 95.6 cm³/mol. The molecule has 0 saturated carbocycles. The molecular formula is C19H22FNO2S. The first-order valence-electron chi connectivity index (χ1n) is 7.90. The molecule has 0 aromatic heterocycles. The summed E-state index contributed by atoms with van der Waals surface area (Å²) < 4.78 is 25.2. The molecule has 2 atom stereocenters. The Hall–Kier alpha value is -2.01. The minimum Gasteiger partial charge on any atom is -0.355 e. The average Bonchev–Trinajstić information content (AvgIpc) is 2.56. The maximum absolute atomic E-state index is 12.8. The summed E-state index contributed by atoms with van der Waals surface area (Å²) in [5.41, 5.74) is 3.03. The summed E-state index contributed by atoms with van der Waals surface area (Å²) in [6, 6.07) is 14.0. The lowest BCUT2D eigenvalue weighted by Crippen LogP contribution is -2.36. The molecule has 2 aromatic carbocycles. The van der Waals surface area contributed by atoms with Crippen LogP contribution in [0.15, 0.2) is 48.5 Å². The van der Waals surface area contributed by atoms with Crippen molar-refractivity contribution < 1.29 is 13.4 Å². The van der Waals surface area contributed by atoms with Gasteiger partial charge in [0.05, 0.1) is 0 Å². The quantitative estimate of drug-likeness (QED) is 0.836. The molecule has 0 radical (unpaired) electrons. The third kappa shape index (κ3) is 5.57. The molecule has 0 saturated heterocycles. The number of carbonyl (C=O) groups excluding carboxylic acids is 1. The van der Waals surface area contributed by atoms with Gasteiger partial charge in [0.1, 0.15) is 11.1 Å². The monoisotopic (exact) mass is 347 g/mol. The Morgan fingerprint density at radius 3 is 2.54 bits per heavy atom. The zero-order valence-corrected chi connectivity index (χ0v) is 14.7. The molecule has 0 bridgehead atoms. The van der Waals surface area contributed by atoms with Crippen LogP contribution in [-0.4, -0.2) is 21.9 Å². The van der Waals surface area contributed by atoms with Crippen molar-refractivity contribution in [3.63, 3.8) is 0 Å². The third-order valence-corrected chi connectivity index (χ3v) is 5.40. The van der Waals surface area contributed by atoms with Crippen molar-refractivity contribution in [1.82, 2.24) is 5.32 Å². The number of hydrogen-bond donors (Lipinski definition) is 1. The second kappa shape index (κ2) is 8.73. The molecule has 0 fully saturated rings. The van der Waals surface area contributed by atoms with Gasteiger partial charge in [0.15, 0.2) is 0 Å². The fourth-order valence-electron chi connectivity index (χ4n) is 2.34. The Kier molecular flexibility index (Phi) is 6.67. The van der Waals surface area contributed by atoms with Crippen LogP contribution < -0.4 is 5.32 Å². The van der Waals surface area contributed by atoms with E-state index in [9.17, 15) is 13.4 Å². The van der Waals surface area contributed by atoms with Gasteiger partial charge >= 0.3 is 0 Å². The molecule has 0 spiro atoms. The van der Waals surface area contributed by atoms with Crippen LogP contribution in [0.3, 0.4) is 0 Å². The van der Waals surface area contributed by atoms with Gasteiger partial charge in [-0.25, -0.2) is 4.39 Å². The second-order valence-corrected chi connectivity index (χ2v) is 7.58. The standard InChI is InChI=1S/C19H22FNO2S/c1-14-4-3-5-17(12-14)13-24(23)15(2)19(22)21-11-10-16-6-8-18(20)9-7-16/h3-9,12,15H,10-11,13H2,1-2H3,(H,21,22)/t15-,24+/m1/s1. The Morgan fingerprint density at radius 2 is 1.88 bits per heavy atom. The molecule has 128 valence electrons. The van der Waals surface area contributed by atoms with Crippen LogP contribution in [0.4, 0.5) is 4.39 Å². The molecule has 1 N–H and O–H groups in total. The fraction of sp³-hybridized carbons (Fsp3) is 0.316. The molecule has 5 heteroatoms. The summed E-state index contributed by atoms with van der Waals surface area (Å²) in [6.45, 7) is 4.10. The number of hydrogen-bond acceptors (Lipinski definition) is 2. The largest absolute Gasteiger partial charge is 0.355 e. The number of nitrogens with one attached hydrogen (secondary N) is 1. The Balaban J connectivity index is 1.80. The minimum atomic E-state index is -1.27. The first kappa shape index (κ1) is 18.3. The zero-order valence-electron chi connectivity index (χ0n) is 13.9. The maximum atomic E-state index is 12.8. The zero-order chi connectivity index (χ0) is 17.5. The molecule has 2 aromatic rings. The molecular weight excluding hydrogens is 325 g/mol. The van der Waals surface area contributed by atoms with Crippen LogP contribution >= 0.6 is 0 Å². The van der Waals surface area contributed by atoms with E-state index in [1.807, 2.05) is 31.2 Å². The van der Waals surface area contributed by atoms with Gasteiger partial charge in [0.25, 0.3) is 0 Å². The summed E-state index contributed by atoms with van der Waals surface area (Å²) in [5.74, 6) is -0.125. The summed E-state index contributed by atoms with van der Waals surface area (Å²) >= 11 is 0. The number of rotatable bonds is 7. The van der Waals surface area contributed by atoms with Gasteiger partial charge in [-0.15, -0.1) is 0 Å². The first-order valence-corrected chi connectivity index (χ1v) is 9.29. The normalized spacial score (nSPS) is 13.3. The molecule has 2 rings (SSSR count). The summed E-state index contributed by atoms with van der Waals surface area (Å²) in [5, 5.41) is 2.23. The highest BCUT2D eigenvalue weighted by Crippen LogP contribution is 2.10. The van der Waals surface area contributed by atoms with E-state index >= 15 is 0 Å². The van der Waals surface area contributed by atoms with Crippen LogP contribution in [-0.2, 0) is 27.8 Å². The highest BCUT2D eigenvalue weighted by Gasteiger charge is 2.19. The highest BCUT2D eigenvalue weighted by atomic mass is 32.2. The van der Waals surface area contributed by atoms with Crippen LogP contribution in [0.2, 0.25) is 0 Å². The van der Waals surface area contributed by atoms with Crippen molar-refractivity contribution in [3.05, 3.63) is 71.0 Å². The summed E-state index contributed by atoms with van der Waals surface area (Å²) in [7, 11) is -1.27. The number of carbonyl (C=O) groups is 1. The number of benzene rings is 2. The SMILES string of the molecule is Cc1cccc(C[S@](=O)[C@H](C)C(=O)NCCc2ccc(F)cc2)c1. The lowest BCUT2D eigenvalue weighted by molar-refractivity contribution is -0.120. The highest BCUT2D eigenvalue weighted by molar-refractivity contribution is 7.85. The van der Waals surface area contributed by atoms with E-state index in [0.717, 1.165) is 16.7 Å². The van der Waals surface area contributed by atoms with E-state index in [-0.39, 0.29) is 11.7 Å². The fourth-order valence-corrected chi connectivity index (χ4v) is 3.42. The molecule has 24 heavy (non-hydrogen) atoms. The first-order chi connectivity index (χ1) is 11.5. The number of halogens is 1. The van der Waals surface area contributed by atoms with E-state index < -0.39 is 16.0 Å².